The number of aliphatic carboxylic acids is 1. The number of ether oxygens (including phenoxy) is 2. The number of nitrogens with zero attached hydrogens (tertiary/aromatic N) is 2. The summed E-state index contributed by atoms with van der Waals surface area (Å²) in [5, 5.41) is 12.1. The summed E-state index contributed by atoms with van der Waals surface area (Å²) in [6.07, 6.45) is -1.24. The summed E-state index contributed by atoms with van der Waals surface area (Å²) in [5.74, 6) is 0.558. The molecule has 1 aliphatic rings. The Balaban J connectivity index is 1.64. The monoisotopic (exact) mass is 519 g/mol. The lowest BCUT2D eigenvalue weighted by atomic mass is 9.70. The molecule has 200 valence electrons. The molecule has 2 atom stereocenters. The van der Waals surface area contributed by atoms with Crippen LogP contribution in [-0.2, 0) is 4.79 Å². The van der Waals surface area contributed by atoms with E-state index in [-0.39, 0.29) is 30.2 Å². The van der Waals surface area contributed by atoms with Gasteiger partial charge in [-0.3, -0.25) is 4.79 Å². The first-order valence-corrected chi connectivity index (χ1v) is 12.4. The van der Waals surface area contributed by atoms with Gasteiger partial charge in [0.25, 0.3) is 0 Å². The second-order valence-electron chi connectivity index (χ2n) is 10.6. The molecule has 0 spiro atoms. The summed E-state index contributed by atoms with van der Waals surface area (Å²) in [6.45, 7) is 7.07. The minimum absolute atomic E-state index is 0.0351. The number of carboxylic acids is 1. The van der Waals surface area contributed by atoms with E-state index < -0.39 is 12.3 Å². The van der Waals surface area contributed by atoms with E-state index >= 15 is 0 Å². The van der Waals surface area contributed by atoms with Crippen molar-refractivity contribution in [1.82, 2.24) is 9.55 Å². The number of alkyl halides is 3. The van der Waals surface area contributed by atoms with E-state index in [0.717, 1.165) is 24.8 Å². The quantitative estimate of drug-likeness (QED) is 0.288. The molecule has 1 fully saturated rings. The fraction of sp³-hybridized carbons (Fsp3) is 0.481. The Morgan fingerprint density at radius 2 is 1.86 bits per heavy atom. The lowest BCUT2D eigenvalue weighted by Crippen LogP contribution is -2.29. The molecule has 0 amide bonds. The Labute approximate surface area is 213 Å². The molecule has 2 aromatic carbocycles. The summed E-state index contributed by atoms with van der Waals surface area (Å²) < 4.78 is 49.5. The molecule has 1 saturated carbocycles. The van der Waals surface area contributed by atoms with Crippen molar-refractivity contribution in [3.05, 3.63) is 42.5 Å². The van der Waals surface area contributed by atoms with Crippen LogP contribution in [0.5, 0.6) is 11.5 Å². The first-order valence-electron chi connectivity index (χ1n) is 12.4. The minimum atomic E-state index is -4.75. The van der Waals surface area contributed by atoms with Gasteiger partial charge in [-0.25, -0.2) is 4.98 Å². The number of nitrogens with one attached hydrogen (secondary N) is 1. The van der Waals surface area contributed by atoms with Crippen LogP contribution in [0, 0.1) is 11.3 Å². The third kappa shape index (κ3) is 7.08. The molecule has 1 aliphatic carbocycles. The van der Waals surface area contributed by atoms with Crippen LogP contribution in [-0.4, -0.2) is 33.6 Å². The van der Waals surface area contributed by atoms with Gasteiger partial charge in [-0.15, -0.1) is 13.2 Å². The molecular formula is C27H32F3N3O4. The highest BCUT2D eigenvalue weighted by atomic mass is 19.4. The molecule has 0 bridgehead atoms. The molecule has 0 saturated heterocycles. The molecule has 37 heavy (non-hydrogen) atoms. The highest BCUT2D eigenvalue weighted by Crippen LogP contribution is 2.46. The van der Waals surface area contributed by atoms with Gasteiger partial charge < -0.3 is 24.5 Å². The van der Waals surface area contributed by atoms with Crippen molar-refractivity contribution in [3.63, 3.8) is 0 Å². The Kier molecular flexibility index (Phi) is 7.57. The van der Waals surface area contributed by atoms with Gasteiger partial charge in [0, 0.05) is 24.2 Å². The highest BCUT2D eigenvalue weighted by molar-refractivity contribution is 5.81. The van der Waals surface area contributed by atoms with Crippen LogP contribution in [0.3, 0.4) is 0 Å². The Bertz CT molecular complexity index is 1240. The van der Waals surface area contributed by atoms with Crippen LogP contribution in [0.15, 0.2) is 42.5 Å². The van der Waals surface area contributed by atoms with Gasteiger partial charge in [0.15, 0.2) is 0 Å². The van der Waals surface area contributed by atoms with Crippen LogP contribution in [0.4, 0.5) is 24.8 Å². The number of rotatable bonds is 9. The van der Waals surface area contributed by atoms with E-state index in [1.165, 1.54) is 24.3 Å². The molecule has 10 heteroatoms. The third-order valence-corrected chi connectivity index (χ3v) is 6.54. The second kappa shape index (κ2) is 10.5. The van der Waals surface area contributed by atoms with Crippen molar-refractivity contribution in [3.8, 4) is 11.5 Å². The predicted octanol–water partition coefficient (Wildman–Crippen LogP) is 7.31. The second-order valence-corrected chi connectivity index (χ2v) is 10.6. The summed E-state index contributed by atoms with van der Waals surface area (Å²) in [4.78, 5) is 15.6. The number of carbonyl (C=O) groups is 1. The van der Waals surface area contributed by atoms with Crippen molar-refractivity contribution in [2.24, 2.45) is 11.3 Å². The van der Waals surface area contributed by atoms with E-state index in [1.54, 1.807) is 0 Å². The van der Waals surface area contributed by atoms with Gasteiger partial charge in [-0.2, -0.15) is 0 Å². The van der Waals surface area contributed by atoms with Gasteiger partial charge in [0.1, 0.15) is 11.5 Å². The first-order chi connectivity index (χ1) is 17.4. The van der Waals surface area contributed by atoms with Crippen LogP contribution in [0.2, 0.25) is 0 Å². The van der Waals surface area contributed by atoms with Crippen molar-refractivity contribution >= 4 is 28.6 Å². The van der Waals surface area contributed by atoms with Crippen LogP contribution >= 0.6 is 0 Å². The number of anilines is 2. The number of benzene rings is 2. The summed E-state index contributed by atoms with van der Waals surface area (Å²) in [5.41, 5.74) is 2.37. The number of aromatic nitrogens is 2. The third-order valence-electron chi connectivity index (χ3n) is 6.54. The first kappa shape index (κ1) is 26.6. The molecule has 0 radical (unpaired) electrons. The summed E-state index contributed by atoms with van der Waals surface area (Å²) in [6, 6.07) is 11.4. The van der Waals surface area contributed by atoms with Crippen molar-refractivity contribution in [1.29, 1.82) is 0 Å². The molecule has 1 heterocycles. The van der Waals surface area contributed by atoms with Crippen LogP contribution < -0.4 is 14.8 Å². The van der Waals surface area contributed by atoms with Crippen molar-refractivity contribution < 1.29 is 32.5 Å². The zero-order valence-electron chi connectivity index (χ0n) is 21.1. The van der Waals surface area contributed by atoms with Gasteiger partial charge >= 0.3 is 12.3 Å². The van der Waals surface area contributed by atoms with E-state index in [1.807, 2.05) is 18.2 Å². The van der Waals surface area contributed by atoms with Gasteiger partial charge in [-0.1, -0.05) is 20.8 Å². The molecule has 3 aromatic rings. The van der Waals surface area contributed by atoms with Crippen LogP contribution in [0.25, 0.3) is 11.0 Å². The minimum Gasteiger partial charge on any atom is -0.494 e. The zero-order chi connectivity index (χ0) is 26.8. The van der Waals surface area contributed by atoms with E-state index in [4.69, 9.17) is 14.8 Å². The molecule has 1 unspecified atom stereocenters. The zero-order valence-corrected chi connectivity index (χ0v) is 21.1. The van der Waals surface area contributed by atoms with Gasteiger partial charge in [-0.05, 0) is 73.4 Å². The Hall–Kier alpha value is -3.43. The van der Waals surface area contributed by atoms with Gasteiger partial charge in [0.05, 0.1) is 17.6 Å². The maximum Gasteiger partial charge on any atom is 0.573 e. The molecule has 4 rings (SSSR count). The van der Waals surface area contributed by atoms with Crippen molar-refractivity contribution in [2.45, 2.75) is 65.3 Å². The predicted molar refractivity (Wildman–Crippen MR) is 134 cm³/mol. The average molecular weight is 520 g/mol. The maximum absolute atomic E-state index is 12.5. The molecular weight excluding hydrogens is 487 g/mol. The number of carboxylic acid groups (broad SMARTS) is 1. The number of halogens is 3. The van der Waals surface area contributed by atoms with Crippen LogP contribution in [0.1, 0.15) is 58.9 Å². The summed E-state index contributed by atoms with van der Waals surface area (Å²) in [7, 11) is 0. The number of hydrogen-bond acceptors (Lipinski definition) is 5. The van der Waals surface area contributed by atoms with E-state index in [2.05, 4.69) is 35.4 Å². The Morgan fingerprint density at radius 3 is 2.51 bits per heavy atom. The van der Waals surface area contributed by atoms with Gasteiger partial charge in [0.2, 0.25) is 5.95 Å². The van der Waals surface area contributed by atoms with E-state index in [0.29, 0.717) is 35.2 Å². The normalized spacial score (nSPS) is 19.5. The lowest BCUT2D eigenvalue weighted by Gasteiger charge is -2.40. The Morgan fingerprint density at radius 1 is 1.16 bits per heavy atom. The molecule has 2 N–H and O–H groups in total. The fourth-order valence-corrected chi connectivity index (χ4v) is 5.40. The number of imidazole rings is 1. The number of fused-ring (bicyclic) bond motifs is 1. The SMILES string of the molecule is C[C@H]1CC(n2c(Nc3ccc(OC(F)(F)F)cc3)nc3cc(OCCCC(=O)O)ccc32)CC(C)(C)C1. The van der Waals surface area contributed by atoms with Crippen molar-refractivity contribution in [2.75, 3.05) is 11.9 Å². The largest absolute Gasteiger partial charge is 0.573 e. The highest BCUT2D eigenvalue weighted by Gasteiger charge is 2.35. The number of hydrogen-bond donors (Lipinski definition) is 2. The maximum atomic E-state index is 12.5. The topological polar surface area (TPSA) is 85.6 Å². The van der Waals surface area contributed by atoms with E-state index in [9.17, 15) is 18.0 Å². The molecule has 0 aliphatic heterocycles. The average Bonchev–Trinajstić information content (AvgIpc) is 3.12. The summed E-state index contributed by atoms with van der Waals surface area (Å²) >= 11 is 0. The lowest BCUT2D eigenvalue weighted by molar-refractivity contribution is -0.274. The standard InChI is InChI=1S/C27H32F3N3O4/c1-17-13-19(16-26(2,3)15-17)33-23-11-10-21(36-12-4-5-24(34)35)14-22(23)32-25(33)31-18-6-8-20(9-7-18)37-27(28,29)30/h6-11,14,17,19H,4-5,12-13,15-16H2,1-3H3,(H,31,32)(H,34,35)/t17-,19?/m0/s1. The fourth-order valence-electron chi connectivity index (χ4n) is 5.40. The molecule has 1 aromatic heterocycles. The molecule has 7 nitrogen and oxygen atoms in total. The smallest absolute Gasteiger partial charge is 0.494 e.